The molecule has 2 aromatic heterocycles. The molecule has 4 aliphatic carbocycles. The second kappa shape index (κ2) is 5.19. The summed E-state index contributed by atoms with van der Waals surface area (Å²) in [5, 5.41) is 4.00. The number of hydrogen-bond donors (Lipinski definition) is 2. The van der Waals surface area contributed by atoms with Crippen LogP contribution >= 0.6 is 11.3 Å². The molecule has 4 aliphatic rings. The zero-order valence-electron chi connectivity index (χ0n) is 14.8. The highest BCUT2D eigenvalue weighted by atomic mass is 32.1. The van der Waals surface area contributed by atoms with Crippen LogP contribution in [0.25, 0.3) is 10.2 Å². The molecule has 4 nitrogen and oxygen atoms in total. The van der Waals surface area contributed by atoms with Gasteiger partial charge in [0.05, 0.1) is 5.39 Å². The first kappa shape index (κ1) is 15.6. The van der Waals surface area contributed by atoms with Crippen molar-refractivity contribution in [1.29, 1.82) is 0 Å². The van der Waals surface area contributed by atoms with Crippen molar-refractivity contribution in [2.45, 2.75) is 57.9 Å². The Morgan fingerprint density at radius 2 is 1.76 bits per heavy atom. The summed E-state index contributed by atoms with van der Waals surface area (Å²) in [4.78, 5) is 31.1. The lowest BCUT2D eigenvalue weighted by Gasteiger charge is -2.56. The Labute approximate surface area is 151 Å². The molecule has 1 amide bonds. The van der Waals surface area contributed by atoms with Gasteiger partial charge in [-0.25, -0.2) is 0 Å². The summed E-state index contributed by atoms with van der Waals surface area (Å²) < 4.78 is 0. The van der Waals surface area contributed by atoms with Gasteiger partial charge in [-0.3, -0.25) is 9.59 Å². The molecule has 2 N–H and O–H groups in total. The maximum absolute atomic E-state index is 13.0. The third-order valence-electron chi connectivity index (χ3n) is 6.87. The summed E-state index contributed by atoms with van der Waals surface area (Å²) >= 11 is 1.58. The predicted octanol–water partition coefficient (Wildman–Crippen LogP) is 3.91. The number of aromatic amines is 1. The molecule has 4 bridgehead atoms. The highest BCUT2D eigenvalue weighted by molar-refractivity contribution is 7.18. The molecule has 0 aliphatic heterocycles. The molecule has 0 unspecified atom stereocenters. The van der Waals surface area contributed by atoms with Gasteiger partial charge in [0.1, 0.15) is 10.4 Å². The molecule has 4 fully saturated rings. The van der Waals surface area contributed by atoms with E-state index in [9.17, 15) is 9.59 Å². The van der Waals surface area contributed by atoms with Crippen molar-refractivity contribution in [1.82, 2.24) is 10.3 Å². The Morgan fingerprint density at radius 3 is 2.36 bits per heavy atom. The highest BCUT2D eigenvalue weighted by Crippen LogP contribution is 2.55. The van der Waals surface area contributed by atoms with Crippen LogP contribution in [0.5, 0.6) is 0 Å². The van der Waals surface area contributed by atoms with Gasteiger partial charge < -0.3 is 10.3 Å². The quantitative estimate of drug-likeness (QED) is 0.857. The number of fused-ring (bicyclic) bond motifs is 1. The number of rotatable bonds is 2. The maximum Gasteiger partial charge on any atom is 0.257 e. The van der Waals surface area contributed by atoms with Crippen LogP contribution in [-0.4, -0.2) is 16.4 Å². The fourth-order valence-electron chi connectivity index (χ4n) is 6.08. The topological polar surface area (TPSA) is 62.0 Å². The van der Waals surface area contributed by atoms with Gasteiger partial charge in [0.25, 0.3) is 5.91 Å². The first-order chi connectivity index (χ1) is 11.9. The van der Waals surface area contributed by atoms with Gasteiger partial charge in [-0.2, -0.15) is 0 Å². The summed E-state index contributed by atoms with van der Waals surface area (Å²) in [7, 11) is 0. The predicted molar refractivity (Wildman–Crippen MR) is 100 cm³/mol. The van der Waals surface area contributed by atoms with Crippen molar-refractivity contribution < 1.29 is 4.79 Å². The van der Waals surface area contributed by atoms with Gasteiger partial charge >= 0.3 is 0 Å². The number of hydrogen-bond acceptors (Lipinski definition) is 3. The van der Waals surface area contributed by atoms with Crippen molar-refractivity contribution in [2.75, 3.05) is 0 Å². The third-order valence-corrected chi connectivity index (χ3v) is 8.00. The summed E-state index contributed by atoms with van der Waals surface area (Å²) in [5.74, 6) is 2.13. The summed E-state index contributed by atoms with van der Waals surface area (Å²) in [6.45, 7) is 3.98. The first-order valence-electron chi connectivity index (χ1n) is 9.38. The second-order valence-corrected chi connectivity index (χ2v) is 9.90. The number of aromatic nitrogens is 1. The minimum atomic E-state index is -0.187. The lowest BCUT2D eigenvalue weighted by molar-refractivity contribution is -0.0167. The van der Waals surface area contributed by atoms with E-state index < -0.39 is 0 Å². The molecule has 132 valence electrons. The lowest BCUT2D eigenvalue weighted by Crippen LogP contribution is -2.60. The number of carbonyl (C=O) groups is 1. The van der Waals surface area contributed by atoms with Gasteiger partial charge in [-0.05, 0) is 75.7 Å². The van der Waals surface area contributed by atoms with Gasteiger partial charge in [0.2, 0.25) is 5.43 Å². The van der Waals surface area contributed by atoms with Crippen molar-refractivity contribution in [3.05, 3.63) is 32.4 Å². The molecule has 5 heteroatoms. The standard InChI is InChI=1S/C20H24N2O2S/c1-10-11(2)25-19-16(10)17(23)15(9-21-19)18(24)22-20-6-12-3-13(7-20)5-14(4-12)8-20/h9,12-14H,3-8H2,1-2H3,(H,21,23)(H,22,24). The normalized spacial score (nSPS) is 33.1. The molecule has 4 saturated carbocycles. The smallest absolute Gasteiger partial charge is 0.257 e. The van der Waals surface area contributed by atoms with E-state index in [4.69, 9.17) is 0 Å². The van der Waals surface area contributed by atoms with Gasteiger partial charge in [0.15, 0.2) is 0 Å². The minimum absolute atomic E-state index is 0.0627. The molecule has 0 spiro atoms. The number of carbonyl (C=O) groups excluding carboxylic acids is 1. The van der Waals surface area contributed by atoms with Gasteiger partial charge in [-0.1, -0.05) is 0 Å². The number of H-pyrrole nitrogens is 1. The molecule has 2 heterocycles. The van der Waals surface area contributed by atoms with Crippen LogP contribution in [0, 0.1) is 31.6 Å². The van der Waals surface area contributed by atoms with E-state index in [1.54, 1.807) is 17.5 Å². The zero-order valence-corrected chi connectivity index (χ0v) is 15.6. The first-order valence-corrected chi connectivity index (χ1v) is 10.2. The van der Waals surface area contributed by atoms with E-state index in [1.165, 1.54) is 19.3 Å². The Kier molecular flexibility index (Phi) is 3.25. The minimum Gasteiger partial charge on any atom is -0.352 e. The fourth-order valence-corrected chi connectivity index (χ4v) is 7.11. The lowest BCUT2D eigenvalue weighted by atomic mass is 9.53. The molecule has 25 heavy (non-hydrogen) atoms. The zero-order chi connectivity index (χ0) is 17.3. The number of thiophene rings is 1. The summed E-state index contributed by atoms with van der Waals surface area (Å²) in [6, 6.07) is 0. The number of nitrogens with one attached hydrogen (secondary N) is 2. The monoisotopic (exact) mass is 356 g/mol. The van der Waals surface area contributed by atoms with Crippen LogP contribution in [0.4, 0.5) is 0 Å². The maximum atomic E-state index is 13.0. The molecule has 0 saturated heterocycles. The van der Waals surface area contributed by atoms with Crippen molar-refractivity contribution in [3.8, 4) is 0 Å². The van der Waals surface area contributed by atoms with Crippen LogP contribution in [-0.2, 0) is 0 Å². The average Bonchev–Trinajstić information content (AvgIpc) is 2.81. The van der Waals surface area contributed by atoms with Crippen LogP contribution in [0.1, 0.15) is 59.3 Å². The summed E-state index contributed by atoms with van der Waals surface area (Å²) in [5.41, 5.74) is 1.07. The van der Waals surface area contributed by atoms with Crippen LogP contribution < -0.4 is 10.7 Å². The van der Waals surface area contributed by atoms with Crippen molar-refractivity contribution in [3.63, 3.8) is 0 Å². The number of amides is 1. The van der Waals surface area contributed by atoms with E-state index >= 15 is 0 Å². The SMILES string of the molecule is Cc1sc2[nH]cc(C(=O)NC34CC5CC(CC(C5)C3)C4)c(=O)c2c1C. The number of pyridine rings is 1. The molecule has 0 atom stereocenters. The van der Waals surface area contributed by atoms with Gasteiger partial charge in [0, 0.05) is 16.6 Å². The molecule has 2 aromatic rings. The molecule has 6 rings (SSSR count). The highest BCUT2D eigenvalue weighted by Gasteiger charge is 2.51. The van der Waals surface area contributed by atoms with E-state index in [2.05, 4.69) is 10.3 Å². The van der Waals surface area contributed by atoms with Crippen molar-refractivity contribution in [2.24, 2.45) is 17.8 Å². The van der Waals surface area contributed by atoms with E-state index in [0.29, 0.717) is 5.39 Å². The van der Waals surface area contributed by atoms with E-state index in [1.807, 2.05) is 13.8 Å². The van der Waals surface area contributed by atoms with E-state index in [-0.39, 0.29) is 22.4 Å². The fraction of sp³-hybridized carbons (Fsp3) is 0.600. The second-order valence-electron chi connectivity index (χ2n) is 8.67. The average molecular weight is 356 g/mol. The molecular weight excluding hydrogens is 332 g/mol. The molecule has 0 radical (unpaired) electrons. The number of aryl methyl sites for hydroxylation is 2. The summed E-state index contributed by atoms with van der Waals surface area (Å²) in [6.07, 6.45) is 8.93. The van der Waals surface area contributed by atoms with Crippen LogP contribution in [0.2, 0.25) is 0 Å². The molecular formula is C20H24N2O2S. The van der Waals surface area contributed by atoms with E-state index in [0.717, 1.165) is 52.3 Å². The van der Waals surface area contributed by atoms with Crippen LogP contribution in [0.3, 0.4) is 0 Å². The van der Waals surface area contributed by atoms with Crippen molar-refractivity contribution >= 4 is 27.5 Å². The van der Waals surface area contributed by atoms with Crippen LogP contribution in [0.15, 0.2) is 11.0 Å². The Balaban J connectivity index is 1.49. The molecule has 0 aromatic carbocycles. The largest absolute Gasteiger partial charge is 0.352 e. The Bertz CT molecular complexity index is 904. The third kappa shape index (κ3) is 2.31. The van der Waals surface area contributed by atoms with Gasteiger partial charge in [-0.15, -0.1) is 11.3 Å². The Hall–Kier alpha value is -1.62. The Morgan fingerprint density at radius 1 is 1.16 bits per heavy atom.